The highest BCUT2D eigenvalue weighted by molar-refractivity contribution is 7.91. The van der Waals surface area contributed by atoms with Crippen molar-refractivity contribution in [3.8, 4) is 0 Å². The van der Waals surface area contributed by atoms with Crippen molar-refractivity contribution < 1.29 is 18.0 Å². The maximum absolute atomic E-state index is 13.0. The van der Waals surface area contributed by atoms with E-state index >= 15 is 0 Å². The third-order valence-electron chi connectivity index (χ3n) is 3.45. The molecule has 0 aliphatic rings. The van der Waals surface area contributed by atoms with Gasteiger partial charge in [0, 0.05) is 31.0 Å². The summed E-state index contributed by atoms with van der Waals surface area (Å²) in [6.07, 6.45) is 2.92. The Morgan fingerprint density at radius 2 is 1.84 bits per heavy atom. The number of pyridine rings is 1. The van der Waals surface area contributed by atoms with Crippen LogP contribution in [0.1, 0.15) is 10.8 Å². The molecule has 25 heavy (non-hydrogen) atoms. The number of carbonyl (C=O) groups is 2. The van der Waals surface area contributed by atoms with Crippen molar-refractivity contribution in [3.05, 3.63) is 59.4 Å². The standard InChI is InChI=1S/C16H16ClN3O4S/c1-18-15(21)16(22)20-10-14(11-3-2-8-19-9-11)25(23,24)13-6-4-12(17)5-7-13/h2-9,14H,10H2,1H3,(H,18,21)(H,20,22)/t14-/m1/s1. The first kappa shape index (κ1) is 18.9. The van der Waals surface area contributed by atoms with Crippen molar-refractivity contribution in [1.29, 1.82) is 0 Å². The fraction of sp³-hybridized carbons (Fsp3) is 0.188. The van der Waals surface area contributed by atoms with E-state index in [-0.39, 0.29) is 11.4 Å². The molecule has 0 saturated carbocycles. The summed E-state index contributed by atoms with van der Waals surface area (Å²) < 4.78 is 25.9. The molecule has 0 bridgehead atoms. The summed E-state index contributed by atoms with van der Waals surface area (Å²) in [5.74, 6) is -1.77. The SMILES string of the molecule is CNC(=O)C(=O)NC[C@H](c1cccnc1)S(=O)(=O)c1ccc(Cl)cc1. The lowest BCUT2D eigenvalue weighted by atomic mass is 10.2. The molecular formula is C16H16ClN3O4S. The Balaban J connectivity index is 2.36. The monoisotopic (exact) mass is 381 g/mol. The van der Waals surface area contributed by atoms with E-state index in [0.29, 0.717) is 10.6 Å². The van der Waals surface area contributed by atoms with Crippen LogP contribution in [0.2, 0.25) is 5.02 Å². The Kier molecular flexibility index (Phi) is 6.11. The fourth-order valence-corrected chi connectivity index (χ4v) is 3.91. The Labute approximate surface area is 150 Å². The molecule has 9 heteroatoms. The number of rotatable bonds is 5. The zero-order valence-corrected chi connectivity index (χ0v) is 14.8. The predicted octanol–water partition coefficient (Wildman–Crippen LogP) is 1.11. The number of sulfone groups is 1. The third kappa shape index (κ3) is 4.55. The second kappa shape index (κ2) is 8.09. The Morgan fingerprint density at radius 1 is 1.16 bits per heavy atom. The van der Waals surface area contributed by atoms with E-state index in [9.17, 15) is 18.0 Å². The lowest BCUT2D eigenvalue weighted by Gasteiger charge is -2.18. The third-order valence-corrected chi connectivity index (χ3v) is 5.82. The van der Waals surface area contributed by atoms with Crippen LogP contribution < -0.4 is 10.6 Å². The van der Waals surface area contributed by atoms with Crippen LogP contribution in [0.3, 0.4) is 0 Å². The van der Waals surface area contributed by atoms with E-state index in [4.69, 9.17) is 11.6 Å². The van der Waals surface area contributed by atoms with Gasteiger partial charge in [0.1, 0.15) is 5.25 Å². The molecule has 7 nitrogen and oxygen atoms in total. The highest BCUT2D eigenvalue weighted by Gasteiger charge is 2.30. The molecule has 1 heterocycles. The van der Waals surface area contributed by atoms with E-state index in [2.05, 4.69) is 15.6 Å². The molecule has 2 rings (SSSR count). The normalized spacial score (nSPS) is 12.2. The van der Waals surface area contributed by atoms with Crippen molar-refractivity contribution in [1.82, 2.24) is 15.6 Å². The molecular weight excluding hydrogens is 366 g/mol. The summed E-state index contributed by atoms with van der Waals surface area (Å²) in [6, 6.07) is 8.91. The number of hydrogen-bond acceptors (Lipinski definition) is 5. The average molecular weight is 382 g/mol. The largest absolute Gasteiger partial charge is 0.351 e. The minimum absolute atomic E-state index is 0.0555. The van der Waals surface area contributed by atoms with Gasteiger partial charge in [-0.3, -0.25) is 14.6 Å². The van der Waals surface area contributed by atoms with E-state index in [0.717, 1.165) is 0 Å². The van der Waals surface area contributed by atoms with Crippen LogP contribution in [0.15, 0.2) is 53.7 Å². The van der Waals surface area contributed by atoms with E-state index in [1.165, 1.54) is 43.7 Å². The number of nitrogens with one attached hydrogen (secondary N) is 2. The summed E-state index contributed by atoms with van der Waals surface area (Å²) in [7, 11) is -2.53. The lowest BCUT2D eigenvalue weighted by Crippen LogP contribution is -2.41. The summed E-state index contributed by atoms with van der Waals surface area (Å²) in [5, 5.41) is 3.82. The minimum Gasteiger partial charge on any atom is -0.351 e. The molecule has 1 aromatic carbocycles. The zero-order valence-electron chi connectivity index (χ0n) is 13.3. The number of amides is 2. The Morgan fingerprint density at radius 3 is 2.40 bits per heavy atom. The molecule has 2 amide bonds. The van der Waals surface area contributed by atoms with Crippen LogP contribution >= 0.6 is 11.6 Å². The number of halogens is 1. The highest BCUT2D eigenvalue weighted by Crippen LogP contribution is 2.28. The Bertz CT molecular complexity index is 855. The number of hydrogen-bond donors (Lipinski definition) is 2. The number of carbonyl (C=O) groups excluding carboxylic acids is 2. The Hall–Kier alpha value is -2.45. The first-order chi connectivity index (χ1) is 11.9. The van der Waals surface area contributed by atoms with Gasteiger partial charge >= 0.3 is 11.8 Å². The molecule has 0 saturated heterocycles. The molecule has 1 aromatic heterocycles. The van der Waals surface area contributed by atoms with Gasteiger partial charge in [-0.25, -0.2) is 8.42 Å². The smallest absolute Gasteiger partial charge is 0.309 e. The quantitative estimate of drug-likeness (QED) is 0.755. The van der Waals surface area contributed by atoms with E-state index in [1.54, 1.807) is 12.1 Å². The van der Waals surface area contributed by atoms with Gasteiger partial charge in [0.05, 0.1) is 4.90 Å². The van der Waals surface area contributed by atoms with Crippen molar-refractivity contribution >= 4 is 33.3 Å². The van der Waals surface area contributed by atoms with Crippen LogP contribution in [0.4, 0.5) is 0 Å². The van der Waals surface area contributed by atoms with Crippen molar-refractivity contribution in [2.75, 3.05) is 13.6 Å². The summed E-state index contributed by atoms with van der Waals surface area (Å²) >= 11 is 5.81. The number of likely N-dealkylation sites (N-methyl/N-ethyl adjacent to an activating group) is 1. The summed E-state index contributed by atoms with van der Waals surface area (Å²) in [6.45, 7) is -0.275. The number of benzene rings is 1. The summed E-state index contributed by atoms with van der Waals surface area (Å²) in [4.78, 5) is 27.0. The van der Waals surface area contributed by atoms with Gasteiger partial charge in [-0.05, 0) is 35.9 Å². The molecule has 0 fully saturated rings. The molecule has 0 aliphatic heterocycles. The number of aromatic nitrogens is 1. The van der Waals surface area contributed by atoms with Crippen LogP contribution in [-0.2, 0) is 19.4 Å². The van der Waals surface area contributed by atoms with Gasteiger partial charge in [0.25, 0.3) is 0 Å². The molecule has 0 aliphatic carbocycles. The molecule has 0 unspecified atom stereocenters. The summed E-state index contributed by atoms with van der Waals surface area (Å²) in [5.41, 5.74) is 0.398. The van der Waals surface area contributed by atoms with Gasteiger partial charge in [-0.1, -0.05) is 17.7 Å². The molecule has 0 spiro atoms. The molecule has 132 valence electrons. The molecule has 2 aromatic rings. The van der Waals surface area contributed by atoms with Gasteiger partial charge < -0.3 is 10.6 Å². The van der Waals surface area contributed by atoms with Crippen molar-refractivity contribution in [2.24, 2.45) is 0 Å². The first-order valence-corrected chi connectivity index (χ1v) is 9.18. The van der Waals surface area contributed by atoms with Gasteiger partial charge in [0.15, 0.2) is 9.84 Å². The highest BCUT2D eigenvalue weighted by atomic mass is 35.5. The lowest BCUT2D eigenvalue weighted by molar-refractivity contribution is -0.138. The average Bonchev–Trinajstić information content (AvgIpc) is 2.62. The van der Waals surface area contributed by atoms with Crippen LogP contribution in [0, 0.1) is 0 Å². The number of nitrogens with zero attached hydrogens (tertiary/aromatic N) is 1. The maximum Gasteiger partial charge on any atom is 0.309 e. The van der Waals surface area contributed by atoms with Gasteiger partial charge in [-0.15, -0.1) is 0 Å². The van der Waals surface area contributed by atoms with Crippen LogP contribution in [-0.4, -0.2) is 38.8 Å². The second-order valence-electron chi connectivity index (χ2n) is 5.06. The van der Waals surface area contributed by atoms with Crippen molar-refractivity contribution in [3.63, 3.8) is 0 Å². The van der Waals surface area contributed by atoms with Gasteiger partial charge in [0.2, 0.25) is 0 Å². The van der Waals surface area contributed by atoms with Crippen molar-refractivity contribution in [2.45, 2.75) is 10.1 Å². The van der Waals surface area contributed by atoms with Gasteiger partial charge in [-0.2, -0.15) is 0 Å². The van der Waals surface area contributed by atoms with E-state index < -0.39 is 26.9 Å². The topological polar surface area (TPSA) is 105 Å². The fourth-order valence-electron chi connectivity index (χ4n) is 2.14. The van der Waals surface area contributed by atoms with Crippen LogP contribution in [0.25, 0.3) is 0 Å². The van der Waals surface area contributed by atoms with E-state index in [1.807, 2.05) is 0 Å². The molecule has 2 N–H and O–H groups in total. The maximum atomic E-state index is 13.0. The molecule has 0 radical (unpaired) electrons. The second-order valence-corrected chi connectivity index (χ2v) is 7.63. The predicted molar refractivity (Wildman–Crippen MR) is 92.7 cm³/mol. The zero-order chi connectivity index (χ0) is 18.4. The molecule has 1 atom stereocenters. The minimum atomic E-state index is -3.84. The van der Waals surface area contributed by atoms with Crippen LogP contribution in [0.5, 0.6) is 0 Å². The first-order valence-electron chi connectivity index (χ1n) is 7.25.